The molecule has 0 fully saturated rings. The summed E-state index contributed by atoms with van der Waals surface area (Å²) in [6.07, 6.45) is 0. The van der Waals surface area contributed by atoms with Crippen LogP contribution in [0.4, 0.5) is 5.69 Å². The second-order valence-corrected chi connectivity index (χ2v) is 13.6. The van der Waals surface area contributed by atoms with Crippen LogP contribution in [-0.2, 0) is 0 Å². The van der Waals surface area contributed by atoms with Crippen LogP contribution in [0.1, 0.15) is 27.7 Å². The highest BCUT2D eigenvalue weighted by molar-refractivity contribution is 8.03. The second-order valence-electron chi connectivity index (χ2n) is 7.62. The molecule has 3 heteroatoms. The zero-order valence-corrected chi connectivity index (χ0v) is 16.2. The molecule has 21 heavy (non-hydrogen) atoms. The number of para-hydroxylation sites is 1. The van der Waals surface area contributed by atoms with Gasteiger partial charge in [-0.2, -0.15) is 0 Å². The fraction of sp³-hybridized carbons (Fsp3) is 0.500. The lowest BCUT2D eigenvalue weighted by Crippen LogP contribution is -2.32. The molecule has 0 atom stereocenters. The van der Waals surface area contributed by atoms with Gasteiger partial charge in [0.2, 0.25) is 0 Å². The average Bonchev–Trinajstić information content (AvgIpc) is 2.70. The van der Waals surface area contributed by atoms with Crippen molar-refractivity contribution >= 4 is 25.5 Å². The van der Waals surface area contributed by atoms with Gasteiger partial charge in [-0.1, -0.05) is 70.0 Å². The molecule has 0 aromatic heterocycles. The Hall–Kier alpha value is -0.893. The number of fused-ring (bicyclic) bond motifs is 1. The zero-order valence-electron chi connectivity index (χ0n) is 14.4. The number of hydrogen-bond acceptors (Lipinski definition) is 2. The van der Waals surface area contributed by atoms with Crippen molar-refractivity contribution < 1.29 is 0 Å². The topological polar surface area (TPSA) is 3.24 Å². The molecule has 114 valence electrons. The first-order valence-electron chi connectivity index (χ1n) is 7.71. The molecule has 1 heterocycles. The number of anilines is 1. The van der Waals surface area contributed by atoms with Crippen molar-refractivity contribution in [3.8, 4) is 0 Å². The Balaban J connectivity index is 2.61. The molecule has 0 unspecified atom stereocenters. The van der Waals surface area contributed by atoms with Crippen LogP contribution in [-0.4, -0.2) is 14.6 Å². The van der Waals surface area contributed by atoms with Gasteiger partial charge in [0.25, 0.3) is 0 Å². The number of allylic oxidation sites excluding steroid dienone is 1. The molecule has 1 aromatic rings. The summed E-state index contributed by atoms with van der Waals surface area (Å²) in [6, 6.07) is 8.67. The number of rotatable bonds is 2. The first-order valence-corrected chi connectivity index (χ1v) is 12.0. The smallest absolute Gasteiger partial charge is 0.123 e. The van der Waals surface area contributed by atoms with Crippen LogP contribution in [0.5, 0.6) is 0 Å². The van der Waals surface area contributed by atoms with E-state index in [4.69, 9.17) is 0 Å². The third-order valence-corrected chi connectivity index (χ3v) is 7.11. The van der Waals surface area contributed by atoms with Crippen molar-refractivity contribution in [1.29, 1.82) is 0 Å². The quantitative estimate of drug-likeness (QED) is 0.493. The van der Waals surface area contributed by atoms with Crippen LogP contribution in [0, 0.1) is 5.41 Å². The van der Waals surface area contributed by atoms with Crippen molar-refractivity contribution in [3.05, 3.63) is 40.2 Å². The molecule has 0 spiro atoms. The highest BCUT2D eigenvalue weighted by Crippen LogP contribution is 2.46. The molecular formula is C18H27NSSi. The molecule has 0 aliphatic carbocycles. The average molecular weight is 318 g/mol. The summed E-state index contributed by atoms with van der Waals surface area (Å²) in [5, 5.41) is 2.79. The number of thioether (sulfide) groups is 1. The standard InChI is InChI=1S/C18H27NSSi/c1-8-19-14-11-9-10-12-15(14)20-17(19)13-16(18(2,3)4)21(5,6)7/h9-12H,8H2,1-7H3. The number of nitrogens with zero attached hydrogens (tertiary/aromatic N) is 1. The van der Waals surface area contributed by atoms with E-state index in [1.165, 1.54) is 20.8 Å². The molecular weight excluding hydrogens is 290 g/mol. The van der Waals surface area contributed by atoms with E-state index >= 15 is 0 Å². The Morgan fingerprint density at radius 2 is 1.81 bits per heavy atom. The molecule has 1 aliphatic rings. The maximum Gasteiger partial charge on any atom is 0.123 e. The van der Waals surface area contributed by atoms with Crippen LogP contribution < -0.4 is 4.90 Å². The van der Waals surface area contributed by atoms with Crippen molar-refractivity contribution in [1.82, 2.24) is 0 Å². The summed E-state index contributed by atoms with van der Waals surface area (Å²) in [5.41, 5.74) is 5.34. The van der Waals surface area contributed by atoms with Gasteiger partial charge >= 0.3 is 0 Å². The van der Waals surface area contributed by atoms with Gasteiger partial charge in [-0.15, -0.1) is 0 Å². The van der Waals surface area contributed by atoms with Gasteiger partial charge < -0.3 is 4.90 Å². The van der Waals surface area contributed by atoms with Crippen LogP contribution >= 0.6 is 11.8 Å². The molecule has 0 bridgehead atoms. The van der Waals surface area contributed by atoms with Gasteiger partial charge in [0.05, 0.1) is 13.8 Å². The van der Waals surface area contributed by atoms with Gasteiger partial charge in [-0.25, -0.2) is 0 Å². The van der Waals surface area contributed by atoms with E-state index in [0.29, 0.717) is 0 Å². The summed E-state index contributed by atoms with van der Waals surface area (Å²) in [6.45, 7) is 17.4. The Labute approximate surface area is 135 Å². The minimum absolute atomic E-state index is 0.187. The number of hydrogen-bond donors (Lipinski definition) is 0. The SMILES string of the molecule is CCN1C(=C=C(C(C)(C)C)[Si](C)(C)C)Sc2ccccc21. The highest BCUT2D eigenvalue weighted by atomic mass is 32.2. The molecule has 0 radical (unpaired) electrons. The Morgan fingerprint density at radius 3 is 2.33 bits per heavy atom. The summed E-state index contributed by atoms with van der Waals surface area (Å²) in [7, 11) is -1.39. The van der Waals surface area contributed by atoms with Crippen molar-refractivity contribution in [2.75, 3.05) is 11.4 Å². The summed E-state index contributed by atoms with van der Waals surface area (Å²) in [5.74, 6) is 0. The first kappa shape index (κ1) is 16.5. The Bertz CT molecular complexity index is 582. The van der Waals surface area contributed by atoms with Crippen molar-refractivity contribution in [3.63, 3.8) is 0 Å². The van der Waals surface area contributed by atoms with Crippen LogP contribution in [0.3, 0.4) is 0 Å². The second kappa shape index (κ2) is 5.72. The molecule has 0 saturated heterocycles. The maximum absolute atomic E-state index is 3.83. The first-order chi connectivity index (χ1) is 9.64. The van der Waals surface area contributed by atoms with Crippen LogP contribution in [0.15, 0.2) is 45.1 Å². The van der Waals surface area contributed by atoms with Gasteiger partial charge in [0.1, 0.15) is 5.03 Å². The van der Waals surface area contributed by atoms with E-state index in [1.807, 2.05) is 11.8 Å². The van der Waals surface area contributed by atoms with Gasteiger partial charge in [-0.05, 0) is 29.7 Å². The van der Waals surface area contributed by atoms with E-state index < -0.39 is 8.07 Å². The third-order valence-electron chi connectivity index (χ3n) is 3.66. The lowest BCUT2D eigenvalue weighted by molar-refractivity contribution is 0.526. The lowest BCUT2D eigenvalue weighted by Gasteiger charge is -2.31. The predicted molar refractivity (Wildman–Crippen MR) is 98.7 cm³/mol. The minimum atomic E-state index is -1.39. The Kier molecular flexibility index (Phi) is 4.48. The predicted octanol–water partition coefficient (Wildman–Crippen LogP) is 5.91. The van der Waals surface area contributed by atoms with E-state index in [1.54, 1.807) is 0 Å². The third kappa shape index (κ3) is 3.48. The van der Waals surface area contributed by atoms with Gasteiger partial charge in [-0.3, -0.25) is 0 Å². The molecule has 0 amide bonds. The fourth-order valence-corrected chi connectivity index (χ4v) is 7.01. The minimum Gasteiger partial charge on any atom is -0.329 e. The summed E-state index contributed by atoms with van der Waals surface area (Å²) in [4.78, 5) is 3.75. The van der Waals surface area contributed by atoms with E-state index in [0.717, 1.165) is 6.54 Å². The molecule has 1 nitrogen and oxygen atoms in total. The van der Waals surface area contributed by atoms with Gasteiger partial charge in [0.15, 0.2) is 0 Å². The van der Waals surface area contributed by atoms with E-state index in [-0.39, 0.29) is 5.41 Å². The monoisotopic (exact) mass is 317 g/mol. The molecule has 0 saturated carbocycles. The lowest BCUT2D eigenvalue weighted by atomic mass is 9.96. The highest BCUT2D eigenvalue weighted by Gasteiger charge is 2.31. The van der Waals surface area contributed by atoms with Crippen LogP contribution in [0.25, 0.3) is 0 Å². The maximum atomic E-state index is 3.83. The Morgan fingerprint density at radius 1 is 1.19 bits per heavy atom. The van der Waals surface area contributed by atoms with E-state index in [9.17, 15) is 0 Å². The molecule has 1 aromatic carbocycles. The molecule has 2 rings (SSSR count). The zero-order chi connectivity index (χ0) is 15.8. The van der Waals surface area contributed by atoms with Crippen molar-refractivity contribution in [2.24, 2.45) is 5.41 Å². The molecule has 1 aliphatic heterocycles. The van der Waals surface area contributed by atoms with Crippen LogP contribution in [0.2, 0.25) is 19.6 Å². The summed E-state index contributed by atoms with van der Waals surface area (Å²) < 4.78 is 0. The van der Waals surface area contributed by atoms with E-state index in [2.05, 4.69) is 82.2 Å². The normalized spacial score (nSPS) is 15.0. The summed E-state index contributed by atoms with van der Waals surface area (Å²) >= 11 is 1.86. The number of benzene rings is 1. The fourth-order valence-electron chi connectivity index (χ4n) is 3.05. The van der Waals surface area contributed by atoms with Gasteiger partial charge in [0, 0.05) is 11.4 Å². The largest absolute Gasteiger partial charge is 0.329 e. The molecule has 0 N–H and O–H groups in total. The van der Waals surface area contributed by atoms with Crippen molar-refractivity contribution in [2.45, 2.75) is 52.2 Å².